The van der Waals surface area contributed by atoms with Crippen LogP contribution >= 0.6 is 0 Å². The van der Waals surface area contributed by atoms with E-state index in [1.54, 1.807) is 0 Å². The Balaban J connectivity index is 1.75. The van der Waals surface area contributed by atoms with Gasteiger partial charge in [-0.15, -0.1) is 0 Å². The first-order valence-electron chi connectivity index (χ1n) is 14.0. The van der Waals surface area contributed by atoms with Gasteiger partial charge in [0.25, 0.3) is 0 Å². The Morgan fingerprint density at radius 1 is 0.410 bits per heavy atom. The number of anilines is 3. The van der Waals surface area contributed by atoms with Crippen molar-refractivity contribution in [2.75, 3.05) is 4.90 Å². The molecule has 6 aromatic rings. The Hall–Kier alpha value is -3.67. The molecule has 0 atom stereocenters. The maximum atomic E-state index is 2.48. The molecular weight excluding hydrogens is 503 g/mol. The van der Waals surface area contributed by atoms with E-state index in [0.717, 1.165) is 0 Å². The molecule has 0 aliphatic rings. The predicted octanol–water partition coefficient (Wildman–Crippen LogP) is 9.71. The Morgan fingerprint density at radius 3 is 1.46 bits per heavy atom. The summed E-state index contributed by atoms with van der Waals surface area (Å²) in [5, 5.41) is 10.9. The van der Waals surface area contributed by atoms with E-state index in [9.17, 15) is 0 Å². The third-order valence-corrected chi connectivity index (χ3v) is 12.0. The fraction of sp³-hybridized carbons (Fsp3) is 0.167. The highest BCUT2D eigenvalue weighted by Crippen LogP contribution is 2.43. The Kier molecular flexibility index (Phi) is 6.24. The van der Waals surface area contributed by atoms with E-state index in [1.807, 2.05) is 0 Å². The summed E-state index contributed by atoms with van der Waals surface area (Å²) in [4.78, 5) is 2.44. The molecular formula is C36H37NSi2. The monoisotopic (exact) mass is 539 g/mol. The number of hydrogen-bond donors (Lipinski definition) is 0. The second kappa shape index (κ2) is 9.51. The van der Waals surface area contributed by atoms with Gasteiger partial charge in [-0.25, -0.2) is 0 Å². The van der Waals surface area contributed by atoms with E-state index in [2.05, 4.69) is 159 Å². The van der Waals surface area contributed by atoms with Crippen LogP contribution < -0.4 is 15.3 Å². The van der Waals surface area contributed by atoms with Crippen molar-refractivity contribution in [2.24, 2.45) is 0 Å². The highest BCUT2D eigenvalue weighted by Gasteiger charge is 2.22. The van der Waals surface area contributed by atoms with E-state index in [1.165, 1.54) is 59.8 Å². The summed E-state index contributed by atoms with van der Waals surface area (Å²) >= 11 is 0. The number of nitrogens with zero attached hydrogens (tertiary/aromatic N) is 1. The summed E-state index contributed by atoms with van der Waals surface area (Å²) in [6.07, 6.45) is 0. The highest BCUT2D eigenvalue weighted by molar-refractivity contribution is 6.89. The standard InChI is InChI=1S/C36H37NSi2/c1-38(2,3)29-18-21-31-26(23-29)17-20-32-33-22-19-30(39(4,5)6)24-35(33)36(25-34(31)32)37(27-13-9-7-10-14-27)28-15-11-8-12-16-28/h7-25H,1-6H3. The second-order valence-electron chi connectivity index (χ2n) is 12.8. The van der Waals surface area contributed by atoms with Crippen LogP contribution in [0.5, 0.6) is 0 Å². The highest BCUT2D eigenvalue weighted by atomic mass is 28.3. The molecule has 0 heterocycles. The van der Waals surface area contributed by atoms with Gasteiger partial charge in [-0.3, -0.25) is 0 Å². The fourth-order valence-electron chi connectivity index (χ4n) is 5.65. The number of rotatable bonds is 5. The second-order valence-corrected chi connectivity index (χ2v) is 22.9. The molecule has 0 bridgehead atoms. The fourth-order valence-corrected chi connectivity index (χ4v) is 7.98. The van der Waals surface area contributed by atoms with Crippen molar-refractivity contribution in [3.63, 3.8) is 0 Å². The zero-order valence-electron chi connectivity index (χ0n) is 23.9. The van der Waals surface area contributed by atoms with Gasteiger partial charge in [0.05, 0.1) is 21.8 Å². The van der Waals surface area contributed by atoms with Crippen LogP contribution in [0.3, 0.4) is 0 Å². The zero-order chi connectivity index (χ0) is 27.4. The molecule has 194 valence electrons. The molecule has 0 saturated heterocycles. The van der Waals surface area contributed by atoms with Crippen molar-refractivity contribution >= 4 is 75.9 Å². The van der Waals surface area contributed by atoms with Crippen LogP contribution in [-0.4, -0.2) is 16.1 Å². The largest absolute Gasteiger partial charge is 0.310 e. The average Bonchev–Trinajstić information content (AvgIpc) is 2.92. The first-order chi connectivity index (χ1) is 18.6. The molecule has 0 N–H and O–H groups in total. The Bertz CT molecular complexity index is 1770. The van der Waals surface area contributed by atoms with Gasteiger partial charge in [0.15, 0.2) is 0 Å². The first kappa shape index (κ1) is 25.6. The Labute approximate surface area is 234 Å². The smallest absolute Gasteiger partial charge is 0.0776 e. The summed E-state index contributed by atoms with van der Waals surface area (Å²) in [7, 11) is -2.92. The summed E-state index contributed by atoms with van der Waals surface area (Å²) < 4.78 is 0. The molecule has 6 aromatic carbocycles. The van der Waals surface area contributed by atoms with Gasteiger partial charge in [0.1, 0.15) is 0 Å². The molecule has 0 aliphatic carbocycles. The molecule has 1 nitrogen and oxygen atoms in total. The molecule has 0 fully saturated rings. The van der Waals surface area contributed by atoms with Crippen LogP contribution in [0, 0.1) is 0 Å². The van der Waals surface area contributed by atoms with Crippen LogP contribution in [0.1, 0.15) is 0 Å². The van der Waals surface area contributed by atoms with Gasteiger partial charge in [0, 0.05) is 16.8 Å². The van der Waals surface area contributed by atoms with Crippen LogP contribution in [0.25, 0.3) is 32.3 Å². The van der Waals surface area contributed by atoms with E-state index in [-0.39, 0.29) is 0 Å². The number of hydrogen-bond acceptors (Lipinski definition) is 1. The minimum absolute atomic E-state index is 1.17. The van der Waals surface area contributed by atoms with Crippen molar-refractivity contribution in [2.45, 2.75) is 39.3 Å². The molecule has 0 saturated carbocycles. The van der Waals surface area contributed by atoms with Crippen LogP contribution in [0.2, 0.25) is 39.3 Å². The minimum atomic E-state index is -1.52. The van der Waals surface area contributed by atoms with Crippen molar-refractivity contribution in [3.05, 3.63) is 115 Å². The molecule has 0 spiro atoms. The maximum absolute atomic E-state index is 2.48. The average molecular weight is 540 g/mol. The van der Waals surface area contributed by atoms with Gasteiger partial charge >= 0.3 is 0 Å². The third kappa shape index (κ3) is 4.71. The van der Waals surface area contributed by atoms with E-state index >= 15 is 0 Å². The maximum Gasteiger partial charge on any atom is 0.0776 e. The van der Waals surface area contributed by atoms with Crippen molar-refractivity contribution in [1.82, 2.24) is 0 Å². The lowest BCUT2D eigenvalue weighted by Crippen LogP contribution is -2.37. The molecule has 0 amide bonds. The van der Waals surface area contributed by atoms with Gasteiger partial charge in [-0.2, -0.15) is 0 Å². The quantitative estimate of drug-likeness (QED) is 0.156. The van der Waals surface area contributed by atoms with Gasteiger partial charge < -0.3 is 4.90 Å². The zero-order valence-corrected chi connectivity index (χ0v) is 25.9. The number of para-hydroxylation sites is 2. The summed E-state index contributed by atoms with van der Waals surface area (Å²) in [5.74, 6) is 0. The lowest BCUT2D eigenvalue weighted by atomic mass is 9.95. The normalized spacial score (nSPS) is 12.4. The summed E-state index contributed by atoms with van der Waals surface area (Å²) in [5.41, 5.74) is 3.57. The van der Waals surface area contributed by atoms with Gasteiger partial charge in [-0.1, -0.05) is 135 Å². The van der Waals surface area contributed by atoms with Crippen LogP contribution in [0.15, 0.2) is 115 Å². The first-order valence-corrected chi connectivity index (χ1v) is 21.0. The van der Waals surface area contributed by atoms with Crippen molar-refractivity contribution in [1.29, 1.82) is 0 Å². The van der Waals surface area contributed by atoms with Crippen LogP contribution in [-0.2, 0) is 0 Å². The summed E-state index contributed by atoms with van der Waals surface area (Å²) in [6, 6.07) is 43.1. The number of benzene rings is 6. The van der Waals surface area contributed by atoms with Crippen LogP contribution in [0.4, 0.5) is 17.1 Å². The van der Waals surface area contributed by atoms with E-state index in [0.29, 0.717) is 0 Å². The number of fused-ring (bicyclic) bond motifs is 5. The lowest BCUT2D eigenvalue weighted by molar-refractivity contribution is 1.30. The Morgan fingerprint density at radius 2 is 0.897 bits per heavy atom. The molecule has 0 aromatic heterocycles. The van der Waals surface area contributed by atoms with E-state index in [4.69, 9.17) is 0 Å². The predicted molar refractivity (Wildman–Crippen MR) is 180 cm³/mol. The van der Waals surface area contributed by atoms with Crippen molar-refractivity contribution in [3.8, 4) is 0 Å². The SMILES string of the molecule is C[Si](C)(C)c1ccc2c(ccc3c4ccc([Si](C)(C)C)cc4c(N(c4ccccc4)c4ccccc4)cc23)c1. The molecule has 39 heavy (non-hydrogen) atoms. The van der Waals surface area contributed by atoms with Crippen molar-refractivity contribution < 1.29 is 0 Å². The summed E-state index contributed by atoms with van der Waals surface area (Å²) in [6.45, 7) is 14.6. The molecule has 3 heteroatoms. The van der Waals surface area contributed by atoms with E-state index < -0.39 is 16.1 Å². The molecule has 0 radical (unpaired) electrons. The third-order valence-electron chi connectivity index (χ3n) is 7.93. The molecule has 0 aliphatic heterocycles. The molecule has 6 rings (SSSR count). The topological polar surface area (TPSA) is 3.24 Å². The lowest BCUT2D eigenvalue weighted by Gasteiger charge is -2.28. The minimum Gasteiger partial charge on any atom is -0.310 e. The van der Waals surface area contributed by atoms with Gasteiger partial charge in [-0.05, 0) is 57.3 Å². The van der Waals surface area contributed by atoms with Gasteiger partial charge in [0.2, 0.25) is 0 Å². The molecule has 0 unspecified atom stereocenters.